The first-order chi connectivity index (χ1) is 9.97. The van der Waals surface area contributed by atoms with Crippen molar-refractivity contribution in [2.45, 2.75) is 32.0 Å². The molecule has 0 saturated heterocycles. The third-order valence-corrected chi connectivity index (χ3v) is 4.33. The van der Waals surface area contributed by atoms with E-state index >= 15 is 0 Å². The molecule has 1 amide bonds. The van der Waals surface area contributed by atoms with Gasteiger partial charge in [-0.2, -0.15) is 0 Å². The number of carbonyl (C=O) groups is 1. The Morgan fingerprint density at radius 1 is 1.38 bits per heavy atom. The average molecular weight is 305 g/mol. The highest BCUT2D eigenvalue weighted by Gasteiger charge is 2.12. The zero-order valence-corrected chi connectivity index (χ0v) is 13.4. The highest BCUT2D eigenvalue weighted by molar-refractivity contribution is 7.99. The lowest BCUT2D eigenvalue weighted by molar-refractivity contribution is -0.119. The second-order valence-corrected chi connectivity index (χ2v) is 5.95. The van der Waals surface area contributed by atoms with E-state index in [1.165, 1.54) is 22.9 Å². The Kier molecular flexibility index (Phi) is 4.95. The lowest BCUT2D eigenvalue weighted by Gasteiger charge is -2.15. The van der Waals surface area contributed by atoms with Gasteiger partial charge in [0, 0.05) is 7.05 Å². The van der Waals surface area contributed by atoms with Crippen LogP contribution in [0.25, 0.3) is 0 Å². The second-order valence-electron chi connectivity index (χ2n) is 5.01. The van der Waals surface area contributed by atoms with Crippen LogP contribution in [0.15, 0.2) is 23.4 Å². The second kappa shape index (κ2) is 6.71. The Labute approximate surface area is 128 Å². The molecule has 0 fully saturated rings. The standard InChI is InChI=1S/C14H19N5OS/c1-9-5-6-12(7-10(9)2)11(3)15-13(20)8-21-14-16-17-18-19(14)4/h5-7,11H,8H2,1-4H3,(H,15,20). The van der Waals surface area contributed by atoms with Gasteiger partial charge < -0.3 is 5.32 Å². The number of nitrogens with one attached hydrogen (secondary N) is 1. The summed E-state index contributed by atoms with van der Waals surface area (Å²) in [4.78, 5) is 12.0. The highest BCUT2D eigenvalue weighted by atomic mass is 32.2. The van der Waals surface area contributed by atoms with E-state index in [0.717, 1.165) is 5.56 Å². The molecule has 112 valence electrons. The fraction of sp³-hybridized carbons (Fsp3) is 0.429. The van der Waals surface area contributed by atoms with Gasteiger partial charge in [-0.3, -0.25) is 4.79 Å². The summed E-state index contributed by atoms with van der Waals surface area (Å²) in [7, 11) is 1.75. The van der Waals surface area contributed by atoms with Gasteiger partial charge >= 0.3 is 0 Å². The first-order valence-electron chi connectivity index (χ1n) is 6.69. The number of benzene rings is 1. The SMILES string of the molecule is Cc1ccc(C(C)NC(=O)CSc2nnnn2C)cc1C. The maximum Gasteiger partial charge on any atom is 0.230 e. The molecule has 1 unspecified atom stereocenters. The van der Waals surface area contributed by atoms with Gasteiger partial charge in [-0.1, -0.05) is 30.0 Å². The van der Waals surface area contributed by atoms with Crippen LogP contribution >= 0.6 is 11.8 Å². The molecular weight excluding hydrogens is 286 g/mol. The smallest absolute Gasteiger partial charge is 0.230 e. The number of carbonyl (C=O) groups excluding carboxylic acids is 1. The van der Waals surface area contributed by atoms with Crippen LogP contribution in [0.3, 0.4) is 0 Å². The topological polar surface area (TPSA) is 72.7 Å². The third kappa shape index (κ3) is 4.04. The van der Waals surface area contributed by atoms with Crippen LogP contribution in [0.5, 0.6) is 0 Å². The number of aromatic nitrogens is 4. The van der Waals surface area contributed by atoms with Gasteiger partial charge in [-0.25, -0.2) is 4.68 Å². The molecular formula is C14H19N5OS. The number of thioether (sulfide) groups is 1. The van der Waals surface area contributed by atoms with Crippen molar-refractivity contribution in [1.82, 2.24) is 25.5 Å². The summed E-state index contributed by atoms with van der Waals surface area (Å²) < 4.78 is 1.55. The van der Waals surface area contributed by atoms with Gasteiger partial charge in [0.15, 0.2) is 0 Å². The number of aryl methyl sites for hydroxylation is 3. The first kappa shape index (κ1) is 15.5. The number of amides is 1. The molecule has 6 nitrogen and oxygen atoms in total. The number of tetrazole rings is 1. The van der Waals surface area contributed by atoms with Crippen molar-refractivity contribution in [3.63, 3.8) is 0 Å². The minimum absolute atomic E-state index is 0.0185. The lowest BCUT2D eigenvalue weighted by Crippen LogP contribution is -2.28. The fourth-order valence-corrected chi connectivity index (χ4v) is 2.54. The molecule has 1 N–H and O–H groups in total. The minimum Gasteiger partial charge on any atom is -0.349 e. The van der Waals surface area contributed by atoms with Crippen molar-refractivity contribution in [3.8, 4) is 0 Å². The molecule has 0 aliphatic rings. The zero-order valence-electron chi connectivity index (χ0n) is 12.6. The number of rotatable bonds is 5. The highest BCUT2D eigenvalue weighted by Crippen LogP contribution is 2.17. The van der Waals surface area contributed by atoms with Crippen molar-refractivity contribution in [2.75, 3.05) is 5.75 Å². The predicted molar refractivity (Wildman–Crippen MR) is 82.0 cm³/mol. The van der Waals surface area contributed by atoms with Crippen LogP contribution in [0.4, 0.5) is 0 Å². The maximum absolute atomic E-state index is 12.0. The third-order valence-electron chi connectivity index (χ3n) is 3.32. The molecule has 0 radical (unpaired) electrons. The largest absolute Gasteiger partial charge is 0.349 e. The molecule has 0 bridgehead atoms. The van der Waals surface area contributed by atoms with E-state index in [1.54, 1.807) is 11.7 Å². The van der Waals surface area contributed by atoms with Crippen LogP contribution in [-0.2, 0) is 11.8 Å². The molecule has 0 aliphatic heterocycles. The Morgan fingerprint density at radius 3 is 2.76 bits per heavy atom. The molecule has 0 spiro atoms. The van der Waals surface area contributed by atoms with E-state index in [-0.39, 0.29) is 11.9 Å². The summed E-state index contributed by atoms with van der Waals surface area (Å²) >= 11 is 1.32. The number of hydrogen-bond acceptors (Lipinski definition) is 5. The summed E-state index contributed by atoms with van der Waals surface area (Å²) in [5, 5.41) is 14.7. The summed E-state index contributed by atoms with van der Waals surface area (Å²) in [6.45, 7) is 6.13. The van der Waals surface area contributed by atoms with Gasteiger partial charge in [-0.05, 0) is 47.9 Å². The molecule has 0 aliphatic carbocycles. The molecule has 1 aromatic heterocycles. The van der Waals surface area contributed by atoms with E-state index in [9.17, 15) is 4.79 Å². The van der Waals surface area contributed by atoms with E-state index in [4.69, 9.17) is 0 Å². The van der Waals surface area contributed by atoms with Gasteiger partial charge in [0.25, 0.3) is 0 Å². The van der Waals surface area contributed by atoms with Gasteiger partial charge in [0.1, 0.15) is 0 Å². The zero-order chi connectivity index (χ0) is 15.4. The fourth-order valence-electron chi connectivity index (χ4n) is 1.87. The van der Waals surface area contributed by atoms with Crippen molar-refractivity contribution in [2.24, 2.45) is 7.05 Å². The minimum atomic E-state index is -0.0336. The Balaban J connectivity index is 1.89. The van der Waals surface area contributed by atoms with Gasteiger partial charge in [0.05, 0.1) is 11.8 Å². The van der Waals surface area contributed by atoms with Gasteiger partial charge in [0.2, 0.25) is 11.1 Å². The van der Waals surface area contributed by atoms with E-state index in [0.29, 0.717) is 10.9 Å². The summed E-state index contributed by atoms with van der Waals surface area (Å²) in [6, 6.07) is 6.22. The van der Waals surface area contributed by atoms with Crippen LogP contribution in [0, 0.1) is 13.8 Å². The van der Waals surface area contributed by atoms with Crippen molar-refractivity contribution < 1.29 is 4.79 Å². The van der Waals surface area contributed by atoms with Crippen LogP contribution in [0.2, 0.25) is 0 Å². The van der Waals surface area contributed by atoms with Crippen LogP contribution < -0.4 is 5.32 Å². The summed E-state index contributed by atoms with van der Waals surface area (Å²) in [5.74, 6) is 0.261. The maximum atomic E-state index is 12.0. The lowest BCUT2D eigenvalue weighted by atomic mass is 10.0. The van der Waals surface area contributed by atoms with E-state index in [1.807, 2.05) is 13.0 Å². The number of hydrogen-bond donors (Lipinski definition) is 1. The molecule has 7 heteroatoms. The summed E-state index contributed by atoms with van der Waals surface area (Å²) in [5.41, 5.74) is 3.59. The van der Waals surface area contributed by atoms with Crippen LogP contribution in [-0.4, -0.2) is 31.9 Å². The Morgan fingerprint density at radius 2 is 2.14 bits per heavy atom. The van der Waals surface area contributed by atoms with Crippen LogP contribution in [0.1, 0.15) is 29.7 Å². The molecule has 1 atom stereocenters. The quantitative estimate of drug-likeness (QED) is 0.853. The molecule has 2 rings (SSSR count). The Bertz CT molecular complexity index is 640. The van der Waals surface area contributed by atoms with Crippen molar-refractivity contribution >= 4 is 17.7 Å². The first-order valence-corrected chi connectivity index (χ1v) is 7.67. The molecule has 21 heavy (non-hydrogen) atoms. The monoisotopic (exact) mass is 305 g/mol. The normalized spacial score (nSPS) is 12.2. The van der Waals surface area contributed by atoms with Gasteiger partial charge in [-0.15, -0.1) is 5.10 Å². The predicted octanol–water partition coefficient (Wildman–Crippen LogP) is 1.80. The van der Waals surface area contributed by atoms with Crippen molar-refractivity contribution in [1.29, 1.82) is 0 Å². The number of nitrogens with zero attached hydrogens (tertiary/aromatic N) is 4. The molecule has 2 aromatic rings. The molecule has 1 aromatic carbocycles. The van der Waals surface area contributed by atoms with E-state index in [2.05, 4.69) is 46.8 Å². The molecule has 1 heterocycles. The average Bonchev–Trinajstić information content (AvgIpc) is 2.85. The molecule has 0 saturated carbocycles. The summed E-state index contributed by atoms with van der Waals surface area (Å²) in [6.07, 6.45) is 0. The van der Waals surface area contributed by atoms with E-state index < -0.39 is 0 Å². The van der Waals surface area contributed by atoms with Crippen molar-refractivity contribution in [3.05, 3.63) is 34.9 Å². The Hall–Kier alpha value is -1.89.